The third kappa shape index (κ3) is 3.77. The van der Waals surface area contributed by atoms with Crippen LogP contribution < -0.4 is 23.9 Å². The Labute approximate surface area is 230 Å². The first-order chi connectivity index (χ1) is 19.3. The lowest BCUT2D eigenvalue weighted by Crippen LogP contribution is -2.75. The van der Waals surface area contributed by atoms with Crippen molar-refractivity contribution in [3.05, 3.63) is 84.7 Å². The first-order valence-electron chi connectivity index (χ1n) is 15.0. The van der Waals surface area contributed by atoms with E-state index in [1.165, 1.54) is 62.4 Å². The smallest absolute Gasteiger partial charge is 0.334 e. The molecule has 0 radical (unpaired) electrons. The number of nitrogens with zero attached hydrogens (tertiary/aromatic N) is 2. The van der Waals surface area contributed by atoms with Gasteiger partial charge in [-0.05, 0) is 121 Å². The fraction of sp³-hybridized carbons (Fsp3) is 0.412. The number of pyridine rings is 2. The summed E-state index contributed by atoms with van der Waals surface area (Å²) in [7, 11) is 0. The predicted octanol–water partition coefficient (Wildman–Crippen LogP) is 5.76. The fourth-order valence-corrected chi connectivity index (χ4v) is 7.62. The Morgan fingerprint density at radius 1 is 0.795 bits per heavy atom. The number of nitrogens with one attached hydrogen (secondary N) is 1. The molecule has 4 atom stereocenters. The molecule has 1 spiro atoms. The van der Waals surface area contributed by atoms with Crippen LogP contribution in [0.4, 0.5) is 0 Å². The second-order valence-electron chi connectivity index (χ2n) is 11.9. The van der Waals surface area contributed by atoms with Crippen molar-refractivity contribution in [1.82, 2.24) is 5.32 Å². The minimum absolute atomic E-state index is 0.849. The minimum Gasteiger partial charge on any atom is -0.334 e. The molecule has 1 N–H and O–H groups in total. The number of unbranched alkanes of at least 4 members (excludes halogenated alkanes) is 2. The van der Waals surface area contributed by atoms with Crippen LogP contribution in [0.5, 0.6) is 11.5 Å². The molecule has 198 valence electrons. The maximum absolute atomic E-state index is 6.63. The molecule has 2 bridgehead atoms. The zero-order valence-corrected chi connectivity index (χ0v) is 22.5. The average Bonchev–Trinajstić information content (AvgIpc) is 3.48. The number of hydrogen-bond donors (Lipinski definition) is 1. The van der Waals surface area contributed by atoms with Gasteiger partial charge in [-0.1, -0.05) is 30.7 Å². The molecule has 2 aromatic heterocycles. The molecule has 3 aliphatic carbocycles. The van der Waals surface area contributed by atoms with Gasteiger partial charge in [0, 0.05) is 12.1 Å². The number of hydrogen-bond acceptors (Lipinski definition) is 3. The van der Waals surface area contributed by atoms with Crippen LogP contribution in [-0.2, 0) is 12.5 Å². The molecule has 3 unspecified atom stereocenters. The second kappa shape index (κ2) is 9.34. The van der Waals surface area contributed by atoms with Crippen LogP contribution in [0.2, 0.25) is 0 Å². The topological polar surface area (TPSA) is 38.2 Å². The van der Waals surface area contributed by atoms with Crippen LogP contribution in [0.15, 0.2) is 79.1 Å². The molecule has 0 saturated heterocycles. The standard InChI is InChI=1S/C34H37N3O2/c1(3-19-35-20-18-28-23-24-12-14-25(28)15-13-24)2-7-26-16-17-31-33-29(26)10-6-22-37(33)34(39-31)36-21-5-9-27-8-4-11-30(38-34)32(27)36/h4-6,8-12,14,16-17,21-22,24-25,28,35H,1-3,7,13,15,18-20,23H2/q+2/t24?,25?,28?,34-/m0/s1. The number of aromatic nitrogens is 2. The largest absolute Gasteiger partial charge is 0.715 e. The summed E-state index contributed by atoms with van der Waals surface area (Å²) in [5, 5.41) is 6.13. The Balaban J connectivity index is 0.915. The van der Waals surface area contributed by atoms with Crippen LogP contribution >= 0.6 is 0 Å². The van der Waals surface area contributed by atoms with E-state index in [2.05, 4.69) is 81.5 Å². The van der Waals surface area contributed by atoms with E-state index in [1.54, 1.807) is 0 Å². The van der Waals surface area contributed by atoms with Crippen molar-refractivity contribution in [2.24, 2.45) is 17.8 Å². The van der Waals surface area contributed by atoms with E-state index in [1.807, 2.05) is 12.1 Å². The molecule has 5 aliphatic rings. The number of aryl methyl sites for hydroxylation is 1. The lowest BCUT2D eigenvalue weighted by molar-refractivity contribution is -1.03. The lowest BCUT2D eigenvalue weighted by atomic mass is 9.68. The highest BCUT2D eigenvalue weighted by Gasteiger charge is 2.68. The van der Waals surface area contributed by atoms with Crippen molar-refractivity contribution >= 4 is 21.8 Å². The molecule has 1 fully saturated rings. The second-order valence-corrected chi connectivity index (χ2v) is 11.9. The highest BCUT2D eigenvalue weighted by atomic mass is 16.8. The van der Waals surface area contributed by atoms with Gasteiger partial charge in [-0.15, -0.1) is 0 Å². The van der Waals surface area contributed by atoms with Gasteiger partial charge < -0.3 is 14.8 Å². The number of ether oxygens (including phenoxy) is 2. The van der Waals surface area contributed by atoms with Crippen LogP contribution in [0, 0.1) is 17.8 Å². The Morgan fingerprint density at radius 3 is 2.49 bits per heavy atom. The molecule has 5 heteroatoms. The Bertz CT molecular complexity index is 1590. The van der Waals surface area contributed by atoms with E-state index >= 15 is 0 Å². The highest BCUT2D eigenvalue weighted by molar-refractivity contribution is 5.86. The van der Waals surface area contributed by atoms with Gasteiger partial charge in [-0.3, -0.25) is 0 Å². The third-order valence-electron chi connectivity index (χ3n) is 9.59. The molecular formula is C34H37N3O2+2. The first kappa shape index (κ1) is 23.4. The van der Waals surface area contributed by atoms with Crippen molar-refractivity contribution in [3.8, 4) is 11.5 Å². The van der Waals surface area contributed by atoms with E-state index in [0.717, 1.165) is 58.6 Å². The molecule has 4 aromatic rings. The van der Waals surface area contributed by atoms with E-state index in [-0.39, 0.29) is 0 Å². The highest BCUT2D eigenvalue weighted by Crippen LogP contribution is 2.42. The summed E-state index contributed by atoms with van der Waals surface area (Å²) < 4.78 is 17.5. The number of para-hydroxylation sites is 1. The number of fused-ring (bicyclic) bond motifs is 4. The minimum atomic E-state index is -1.05. The molecule has 39 heavy (non-hydrogen) atoms. The molecule has 1 saturated carbocycles. The van der Waals surface area contributed by atoms with Crippen molar-refractivity contribution in [2.45, 2.75) is 57.4 Å². The van der Waals surface area contributed by atoms with Gasteiger partial charge in [-0.25, -0.2) is 0 Å². The monoisotopic (exact) mass is 519 g/mol. The Morgan fingerprint density at radius 2 is 1.64 bits per heavy atom. The lowest BCUT2D eigenvalue weighted by Gasteiger charge is -2.38. The fourth-order valence-electron chi connectivity index (χ4n) is 7.62. The quantitative estimate of drug-likeness (QED) is 0.174. The predicted molar refractivity (Wildman–Crippen MR) is 151 cm³/mol. The summed E-state index contributed by atoms with van der Waals surface area (Å²) in [6.07, 6.45) is 19.5. The molecule has 5 nitrogen and oxygen atoms in total. The van der Waals surface area contributed by atoms with Gasteiger partial charge in [0.25, 0.3) is 11.0 Å². The van der Waals surface area contributed by atoms with Crippen LogP contribution in [0.25, 0.3) is 21.8 Å². The molecule has 2 aromatic carbocycles. The van der Waals surface area contributed by atoms with Gasteiger partial charge in [0.15, 0.2) is 12.4 Å². The summed E-state index contributed by atoms with van der Waals surface area (Å²) in [5.41, 5.74) is 3.56. The molecular weight excluding hydrogens is 482 g/mol. The zero-order chi connectivity index (χ0) is 25.8. The van der Waals surface area contributed by atoms with E-state index < -0.39 is 6.03 Å². The molecule has 0 amide bonds. The first-order valence-corrected chi connectivity index (χ1v) is 15.0. The third-order valence-corrected chi connectivity index (χ3v) is 9.59. The summed E-state index contributed by atoms with van der Waals surface area (Å²) in [6, 6.07) is 18.1. The number of allylic oxidation sites excluding steroid dienone is 2. The Kier molecular flexibility index (Phi) is 5.61. The summed E-state index contributed by atoms with van der Waals surface area (Å²) in [5.74, 6) is 4.37. The maximum Gasteiger partial charge on any atom is 0.715 e. The molecule has 4 heterocycles. The summed E-state index contributed by atoms with van der Waals surface area (Å²) >= 11 is 0. The van der Waals surface area contributed by atoms with Crippen LogP contribution in [-0.4, -0.2) is 13.1 Å². The maximum atomic E-state index is 6.63. The van der Waals surface area contributed by atoms with E-state index in [9.17, 15) is 0 Å². The number of benzene rings is 2. The van der Waals surface area contributed by atoms with E-state index in [0.29, 0.717) is 0 Å². The SMILES string of the molecule is C1=CC2CCC1CC2CCNCCCCCc1ccc2c3c1ccc[n+]3[C@@]1(Oc3cccc4ccc[n+]1c34)O2. The average molecular weight is 520 g/mol. The van der Waals surface area contributed by atoms with Gasteiger partial charge in [0.2, 0.25) is 11.5 Å². The number of rotatable bonds is 9. The van der Waals surface area contributed by atoms with Gasteiger partial charge in [-0.2, -0.15) is 0 Å². The molecule has 2 aliphatic heterocycles. The van der Waals surface area contributed by atoms with Crippen molar-refractivity contribution in [1.29, 1.82) is 0 Å². The normalized spacial score (nSPS) is 25.6. The van der Waals surface area contributed by atoms with Gasteiger partial charge in [0.1, 0.15) is 0 Å². The van der Waals surface area contributed by atoms with E-state index in [4.69, 9.17) is 9.47 Å². The van der Waals surface area contributed by atoms with Crippen LogP contribution in [0.1, 0.15) is 50.5 Å². The summed E-state index contributed by atoms with van der Waals surface area (Å²) in [6.45, 7) is 2.31. The van der Waals surface area contributed by atoms with Crippen molar-refractivity contribution < 1.29 is 18.6 Å². The van der Waals surface area contributed by atoms with Crippen LogP contribution in [0.3, 0.4) is 0 Å². The Hall–Kier alpha value is -3.44. The summed E-state index contributed by atoms with van der Waals surface area (Å²) in [4.78, 5) is 0. The van der Waals surface area contributed by atoms with Crippen molar-refractivity contribution in [3.63, 3.8) is 0 Å². The zero-order valence-electron chi connectivity index (χ0n) is 22.5. The van der Waals surface area contributed by atoms with Gasteiger partial charge >= 0.3 is 6.03 Å². The molecule has 9 rings (SSSR count). The van der Waals surface area contributed by atoms with Crippen molar-refractivity contribution in [2.75, 3.05) is 13.1 Å². The van der Waals surface area contributed by atoms with Gasteiger partial charge in [0.05, 0.1) is 10.8 Å².